The lowest BCUT2D eigenvalue weighted by molar-refractivity contribution is 0.233. The van der Waals surface area contributed by atoms with Crippen molar-refractivity contribution in [3.8, 4) is 11.8 Å². The summed E-state index contributed by atoms with van der Waals surface area (Å²) in [6.07, 6.45) is 3.90. The number of hydrogen-bond acceptors (Lipinski definition) is 3. The van der Waals surface area contributed by atoms with Crippen LogP contribution >= 0.6 is 0 Å². The Balaban J connectivity index is 1.92. The van der Waals surface area contributed by atoms with Crippen molar-refractivity contribution < 1.29 is 9.13 Å². The number of halogens is 1. The molecule has 2 rings (SSSR count). The molecule has 1 aromatic carbocycles. The van der Waals surface area contributed by atoms with Crippen molar-refractivity contribution in [1.82, 2.24) is 5.32 Å². The van der Waals surface area contributed by atoms with Gasteiger partial charge >= 0.3 is 0 Å². The Morgan fingerprint density at radius 1 is 1.52 bits per heavy atom. The van der Waals surface area contributed by atoms with Gasteiger partial charge in [0.2, 0.25) is 0 Å². The third kappa shape index (κ3) is 3.54. The first-order valence-corrected chi connectivity index (χ1v) is 7.66. The Morgan fingerprint density at radius 3 is 3.00 bits per heavy atom. The largest absolute Gasteiger partial charge is 0.493 e. The van der Waals surface area contributed by atoms with Crippen molar-refractivity contribution in [3.05, 3.63) is 29.6 Å². The summed E-state index contributed by atoms with van der Waals surface area (Å²) in [7, 11) is 0. The summed E-state index contributed by atoms with van der Waals surface area (Å²) in [5, 5.41) is 12.9. The first-order chi connectivity index (χ1) is 10.1. The standard InChI is InChI=1S/C17H23FN2O/c1-3-20-17(12-19)9-4-5-14(17)8-10-21-16-7-6-15(18)11-13(16)2/h6-7,11,14,20H,3-5,8-10H2,1-2H3. The molecular weight excluding hydrogens is 267 g/mol. The van der Waals surface area contributed by atoms with E-state index in [9.17, 15) is 9.65 Å². The summed E-state index contributed by atoms with van der Waals surface area (Å²) in [6, 6.07) is 7.04. The molecule has 0 saturated heterocycles. The number of aryl methyl sites for hydroxylation is 1. The minimum atomic E-state index is -0.393. The Kier molecular flexibility index (Phi) is 5.19. The molecule has 3 nitrogen and oxygen atoms in total. The number of nitrogens with one attached hydrogen (secondary N) is 1. The molecule has 1 aromatic rings. The fourth-order valence-corrected chi connectivity index (χ4v) is 3.29. The highest BCUT2D eigenvalue weighted by molar-refractivity contribution is 5.32. The molecule has 1 saturated carbocycles. The van der Waals surface area contributed by atoms with Crippen LogP contribution in [0.3, 0.4) is 0 Å². The van der Waals surface area contributed by atoms with E-state index in [0.717, 1.165) is 43.5 Å². The Hall–Kier alpha value is -1.60. The van der Waals surface area contributed by atoms with Gasteiger partial charge in [0.05, 0.1) is 12.7 Å². The number of nitrogens with zero attached hydrogens (tertiary/aromatic N) is 1. The van der Waals surface area contributed by atoms with Crippen LogP contribution in [-0.2, 0) is 0 Å². The predicted molar refractivity (Wildman–Crippen MR) is 80.6 cm³/mol. The number of ether oxygens (including phenoxy) is 1. The molecule has 0 spiro atoms. The van der Waals surface area contributed by atoms with Crippen LogP contribution in [0, 0.1) is 30.0 Å². The van der Waals surface area contributed by atoms with Gasteiger partial charge in [-0.15, -0.1) is 0 Å². The van der Waals surface area contributed by atoms with Crippen molar-refractivity contribution >= 4 is 0 Å². The third-order valence-corrected chi connectivity index (χ3v) is 4.37. The summed E-state index contributed by atoms with van der Waals surface area (Å²) in [4.78, 5) is 0. The monoisotopic (exact) mass is 290 g/mol. The highest BCUT2D eigenvalue weighted by atomic mass is 19.1. The minimum Gasteiger partial charge on any atom is -0.493 e. The second kappa shape index (κ2) is 6.91. The van der Waals surface area contributed by atoms with Crippen LogP contribution in [0.5, 0.6) is 5.75 Å². The summed E-state index contributed by atoms with van der Waals surface area (Å²) >= 11 is 0. The molecule has 0 aromatic heterocycles. The smallest absolute Gasteiger partial charge is 0.123 e. The first kappa shape index (κ1) is 15.8. The second-order valence-electron chi connectivity index (χ2n) is 5.75. The lowest BCUT2D eigenvalue weighted by Crippen LogP contribution is -2.47. The molecule has 2 unspecified atom stereocenters. The van der Waals surface area contributed by atoms with E-state index in [1.165, 1.54) is 12.1 Å². The fraction of sp³-hybridized carbons (Fsp3) is 0.588. The van der Waals surface area contributed by atoms with Gasteiger partial charge in [-0.1, -0.05) is 13.3 Å². The first-order valence-electron chi connectivity index (χ1n) is 7.66. The SMILES string of the molecule is CCNC1(C#N)CCCC1CCOc1ccc(F)cc1C. The molecule has 1 aliphatic carbocycles. The van der Waals surface area contributed by atoms with Gasteiger partial charge in [0, 0.05) is 0 Å². The van der Waals surface area contributed by atoms with E-state index in [0.29, 0.717) is 12.5 Å². The Labute approximate surface area is 126 Å². The van der Waals surface area contributed by atoms with Crippen molar-refractivity contribution in [1.29, 1.82) is 5.26 Å². The normalized spacial score (nSPS) is 24.8. The molecule has 1 fully saturated rings. The fourth-order valence-electron chi connectivity index (χ4n) is 3.29. The van der Waals surface area contributed by atoms with Gasteiger partial charge < -0.3 is 4.74 Å². The molecule has 2 atom stereocenters. The van der Waals surface area contributed by atoms with Gasteiger partial charge in [0.15, 0.2) is 0 Å². The molecular formula is C17H23FN2O. The van der Waals surface area contributed by atoms with Crippen LogP contribution in [0.2, 0.25) is 0 Å². The van der Waals surface area contributed by atoms with Crippen molar-refractivity contribution in [3.63, 3.8) is 0 Å². The zero-order chi connectivity index (χ0) is 15.3. The van der Waals surface area contributed by atoms with Crippen molar-refractivity contribution in [2.24, 2.45) is 5.92 Å². The van der Waals surface area contributed by atoms with E-state index < -0.39 is 5.54 Å². The van der Waals surface area contributed by atoms with Crippen molar-refractivity contribution in [2.45, 2.75) is 45.1 Å². The van der Waals surface area contributed by atoms with E-state index in [1.54, 1.807) is 6.07 Å². The van der Waals surface area contributed by atoms with E-state index in [1.807, 2.05) is 13.8 Å². The quantitative estimate of drug-likeness (QED) is 0.871. The Bertz CT molecular complexity index is 526. The van der Waals surface area contributed by atoms with Gasteiger partial charge in [0.25, 0.3) is 0 Å². The average Bonchev–Trinajstić information content (AvgIpc) is 2.85. The average molecular weight is 290 g/mol. The molecule has 0 heterocycles. The maximum absolute atomic E-state index is 13.0. The zero-order valence-corrected chi connectivity index (χ0v) is 12.8. The zero-order valence-electron chi connectivity index (χ0n) is 12.8. The van der Waals surface area contributed by atoms with Crippen LogP contribution in [0.15, 0.2) is 18.2 Å². The van der Waals surface area contributed by atoms with Gasteiger partial charge in [-0.05, 0) is 62.4 Å². The van der Waals surface area contributed by atoms with Crippen LogP contribution in [0.1, 0.15) is 38.2 Å². The van der Waals surface area contributed by atoms with Gasteiger partial charge in [-0.25, -0.2) is 4.39 Å². The minimum absolute atomic E-state index is 0.244. The number of rotatable bonds is 6. The maximum Gasteiger partial charge on any atom is 0.123 e. The molecule has 21 heavy (non-hydrogen) atoms. The van der Waals surface area contributed by atoms with Crippen molar-refractivity contribution in [2.75, 3.05) is 13.2 Å². The molecule has 4 heteroatoms. The third-order valence-electron chi connectivity index (χ3n) is 4.37. The summed E-state index contributed by atoms with van der Waals surface area (Å²) in [5.41, 5.74) is 0.412. The van der Waals surface area contributed by atoms with Crippen LogP contribution < -0.4 is 10.1 Å². The van der Waals surface area contributed by atoms with Crippen LogP contribution in [-0.4, -0.2) is 18.7 Å². The highest BCUT2D eigenvalue weighted by Crippen LogP contribution is 2.37. The van der Waals surface area contributed by atoms with E-state index in [-0.39, 0.29) is 5.82 Å². The van der Waals surface area contributed by atoms with E-state index >= 15 is 0 Å². The molecule has 0 radical (unpaired) electrons. The van der Waals surface area contributed by atoms with Gasteiger partial charge in [-0.2, -0.15) is 5.26 Å². The predicted octanol–water partition coefficient (Wildman–Crippen LogP) is 3.58. The van der Waals surface area contributed by atoms with E-state index in [4.69, 9.17) is 4.74 Å². The molecule has 114 valence electrons. The van der Waals surface area contributed by atoms with E-state index in [2.05, 4.69) is 11.4 Å². The summed E-state index contributed by atoms with van der Waals surface area (Å²) < 4.78 is 18.8. The highest BCUT2D eigenvalue weighted by Gasteiger charge is 2.42. The van der Waals surface area contributed by atoms with Gasteiger partial charge in [-0.3, -0.25) is 5.32 Å². The molecule has 0 amide bonds. The van der Waals surface area contributed by atoms with Crippen LogP contribution in [0.25, 0.3) is 0 Å². The molecule has 1 aliphatic rings. The summed E-state index contributed by atoms with van der Waals surface area (Å²) in [6.45, 7) is 5.24. The molecule has 0 aliphatic heterocycles. The topological polar surface area (TPSA) is 45.0 Å². The molecule has 1 N–H and O–H groups in total. The number of nitriles is 1. The van der Waals surface area contributed by atoms with Crippen LogP contribution in [0.4, 0.5) is 4.39 Å². The lowest BCUT2D eigenvalue weighted by atomic mass is 9.86. The number of hydrogen-bond donors (Lipinski definition) is 1. The molecule has 0 bridgehead atoms. The summed E-state index contributed by atoms with van der Waals surface area (Å²) in [5.74, 6) is 0.801. The Morgan fingerprint density at radius 2 is 2.33 bits per heavy atom. The lowest BCUT2D eigenvalue weighted by Gasteiger charge is -2.29. The maximum atomic E-state index is 13.0. The van der Waals surface area contributed by atoms with Gasteiger partial charge in [0.1, 0.15) is 17.1 Å². The number of benzene rings is 1. The second-order valence-corrected chi connectivity index (χ2v) is 5.75.